The number of likely N-dealkylation sites (tertiary alicyclic amines) is 1. The smallest absolute Gasteiger partial charge is 0.391 e. The Balaban J connectivity index is 1.26. The van der Waals surface area contributed by atoms with Crippen molar-refractivity contribution in [3.63, 3.8) is 0 Å². The first-order chi connectivity index (χ1) is 19.5. The Bertz CT molecular complexity index is 1420. The summed E-state index contributed by atoms with van der Waals surface area (Å²) in [6, 6.07) is 11.3. The number of H-pyrrole nitrogens is 1. The van der Waals surface area contributed by atoms with Crippen LogP contribution in [0.1, 0.15) is 58.8 Å². The summed E-state index contributed by atoms with van der Waals surface area (Å²) in [5, 5.41) is 14.0. The highest BCUT2D eigenvalue weighted by atomic mass is 19.4. The van der Waals surface area contributed by atoms with Gasteiger partial charge in [0, 0.05) is 40.8 Å². The van der Waals surface area contributed by atoms with E-state index in [1.54, 1.807) is 19.2 Å². The van der Waals surface area contributed by atoms with Crippen LogP contribution in [0.4, 0.5) is 13.2 Å². The van der Waals surface area contributed by atoms with E-state index in [0.29, 0.717) is 31.5 Å². The zero-order valence-electron chi connectivity index (χ0n) is 23.3. The van der Waals surface area contributed by atoms with Gasteiger partial charge >= 0.3 is 6.18 Å². The summed E-state index contributed by atoms with van der Waals surface area (Å²) < 4.78 is 51.2. The number of nitrogens with zero attached hydrogens (tertiary/aromatic N) is 1. The Morgan fingerprint density at radius 2 is 1.93 bits per heavy atom. The van der Waals surface area contributed by atoms with Gasteiger partial charge in [0.15, 0.2) is 0 Å². The number of fused-ring (bicyclic) bond motifs is 1. The molecule has 1 amide bonds. The third-order valence-electron chi connectivity index (χ3n) is 9.39. The number of carbonyl (C=O) groups is 1. The standard InChI is InChI=1S/C31H36F3N3O4/c1-19-11-26(40-2)24(23-7-9-35-27(19)23)15-37-10-8-29(12-22(13-29)31(32,33)34)14-25(37)20-3-5-21(6-4-20)28(38)36-16-30(39)17-41-18-30/h3-7,9,11,22,25,35,39H,8,10,12-18H2,1-2H3,(H,36,38)/t22?,25-,29?/m0/s1. The van der Waals surface area contributed by atoms with Crippen LogP contribution in [-0.4, -0.2) is 66.1 Å². The lowest BCUT2D eigenvalue weighted by molar-refractivity contribution is -0.230. The van der Waals surface area contributed by atoms with Crippen LogP contribution in [0.25, 0.3) is 10.9 Å². The molecule has 6 rings (SSSR count). The maximum Gasteiger partial charge on any atom is 0.391 e. The summed E-state index contributed by atoms with van der Waals surface area (Å²) in [5.74, 6) is -0.728. The van der Waals surface area contributed by atoms with Gasteiger partial charge in [0.1, 0.15) is 11.4 Å². The number of methoxy groups -OCH3 is 1. The summed E-state index contributed by atoms with van der Waals surface area (Å²) >= 11 is 0. The molecule has 0 radical (unpaired) electrons. The second-order valence-corrected chi connectivity index (χ2v) is 12.2. The summed E-state index contributed by atoms with van der Waals surface area (Å²) in [6.07, 6.45) is -0.555. The molecule has 0 bridgehead atoms. The molecule has 2 aliphatic heterocycles. The van der Waals surface area contributed by atoms with Crippen LogP contribution in [0.5, 0.6) is 5.75 Å². The molecule has 1 aromatic heterocycles. The molecule has 3 fully saturated rings. The van der Waals surface area contributed by atoms with Gasteiger partial charge in [0.05, 0.1) is 32.8 Å². The zero-order chi connectivity index (χ0) is 29.0. The van der Waals surface area contributed by atoms with Gasteiger partial charge < -0.3 is 24.9 Å². The van der Waals surface area contributed by atoms with E-state index < -0.39 is 17.7 Å². The Kier molecular flexibility index (Phi) is 7.07. The normalized spacial score (nSPS) is 26.0. The summed E-state index contributed by atoms with van der Waals surface area (Å²) in [5.41, 5.74) is 3.25. The van der Waals surface area contributed by atoms with Crippen molar-refractivity contribution in [3.05, 3.63) is 64.8 Å². The number of nitrogens with one attached hydrogen (secondary N) is 2. The molecule has 0 unspecified atom stereocenters. The molecule has 1 aliphatic carbocycles. The summed E-state index contributed by atoms with van der Waals surface area (Å²) in [4.78, 5) is 18.4. The average Bonchev–Trinajstić information content (AvgIpc) is 3.41. The van der Waals surface area contributed by atoms with Crippen molar-refractivity contribution in [1.29, 1.82) is 0 Å². The summed E-state index contributed by atoms with van der Waals surface area (Å²) in [7, 11) is 1.66. The van der Waals surface area contributed by atoms with Crippen LogP contribution in [-0.2, 0) is 11.3 Å². The maximum atomic E-state index is 13.5. The molecular formula is C31H36F3N3O4. The molecular weight excluding hydrogens is 535 g/mol. The van der Waals surface area contributed by atoms with Crippen LogP contribution in [0, 0.1) is 18.3 Å². The van der Waals surface area contributed by atoms with Crippen molar-refractivity contribution < 1.29 is 32.5 Å². The number of aromatic nitrogens is 1. The number of aryl methyl sites for hydroxylation is 1. The molecule has 41 heavy (non-hydrogen) atoms. The average molecular weight is 572 g/mol. The second kappa shape index (κ2) is 10.3. The van der Waals surface area contributed by atoms with Gasteiger partial charge in [-0.25, -0.2) is 0 Å². The topological polar surface area (TPSA) is 86.8 Å². The van der Waals surface area contributed by atoms with Gasteiger partial charge in [-0.15, -0.1) is 0 Å². The number of piperidine rings is 1. The SMILES string of the molecule is COc1cc(C)c2[nH]ccc2c1CN1CCC2(CC(C(F)(F)F)C2)C[C@H]1c1ccc(C(=O)NCC2(O)COC2)cc1. The minimum Gasteiger partial charge on any atom is -0.496 e. The van der Waals surface area contributed by atoms with Crippen LogP contribution in [0.2, 0.25) is 0 Å². The molecule has 3 heterocycles. The van der Waals surface area contributed by atoms with E-state index >= 15 is 0 Å². The molecule has 10 heteroatoms. The maximum absolute atomic E-state index is 13.5. The molecule has 7 nitrogen and oxygen atoms in total. The predicted octanol–water partition coefficient (Wildman–Crippen LogP) is 5.27. The second-order valence-electron chi connectivity index (χ2n) is 12.2. The van der Waals surface area contributed by atoms with E-state index in [0.717, 1.165) is 33.3 Å². The van der Waals surface area contributed by atoms with Gasteiger partial charge in [-0.2, -0.15) is 13.2 Å². The Labute approximate surface area is 237 Å². The monoisotopic (exact) mass is 571 g/mol. The van der Waals surface area contributed by atoms with E-state index in [4.69, 9.17) is 9.47 Å². The van der Waals surface area contributed by atoms with Crippen LogP contribution < -0.4 is 10.1 Å². The molecule has 1 saturated carbocycles. The highest BCUT2D eigenvalue weighted by Gasteiger charge is 2.57. The third kappa shape index (κ3) is 5.33. The van der Waals surface area contributed by atoms with Crippen molar-refractivity contribution in [3.8, 4) is 5.75 Å². The molecule has 3 aromatic rings. The van der Waals surface area contributed by atoms with Crippen molar-refractivity contribution in [1.82, 2.24) is 15.2 Å². The fourth-order valence-corrected chi connectivity index (χ4v) is 6.91. The Morgan fingerprint density at radius 1 is 1.20 bits per heavy atom. The van der Waals surface area contributed by atoms with Gasteiger partial charge in [0.25, 0.3) is 5.91 Å². The van der Waals surface area contributed by atoms with Crippen LogP contribution in [0.3, 0.4) is 0 Å². The number of hydrogen-bond donors (Lipinski definition) is 3. The lowest BCUT2D eigenvalue weighted by atomic mass is 9.55. The van der Waals surface area contributed by atoms with E-state index in [2.05, 4.69) is 15.2 Å². The number of aliphatic hydroxyl groups is 1. The minimum absolute atomic E-state index is 0.108. The Morgan fingerprint density at radius 3 is 2.56 bits per heavy atom. The number of rotatable bonds is 7. The largest absolute Gasteiger partial charge is 0.496 e. The van der Waals surface area contributed by atoms with Crippen molar-refractivity contribution >= 4 is 16.8 Å². The van der Waals surface area contributed by atoms with E-state index in [1.165, 1.54) is 0 Å². The molecule has 3 N–H and O–H groups in total. The molecule has 220 valence electrons. The number of ether oxygens (including phenoxy) is 2. The quantitative estimate of drug-likeness (QED) is 0.360. The third-order valence-corrected chi connectivity index (χ3v) is 9.39. The molecule has 1 atom stereocenters. The predicted molar refractivity (Wildman–Crippen MR) is 148 cm³/mol. The lowest BCUT2D eigenvalue weighted by Crippen LogP contribution is -2.56. The number of halogens is 3. The summed E-state index contributed by atoms with van der Waals surface area (Å²) in [6.45, 7) is 3.79. The van der Waals surface area contributed by atoms with E-state index in [-0.39, 0.29) is 50.0 Å². The lowest BCUT2D eigenvalue weighted by Gasteiger charge is -2.55. The van der Waals surface area contributed by atoms with Gasteiger partial charge in [-0.05, 0) is 80.0 Å². The fraction of sp³-hybridized carbons (Fsp3) is 0.516. The number of benzene rings is 2. The van der Waals surface area contributed by atoms with Gasteiger partial charge in [0.2, 0.25) is 0 Å². The van der Waals surface area contributed by atoms with Crippen LogP contribution in [0.15, 0.2) is 42.6 Å². The van der Waals surface area contributed by atoms with Crippen molar-refractivity contribution in [2.24, 2.45) is 11.3 Å². The van der Waals surface area contributed by atoms with E-state index in [9.17, 15) is 23.1 Å². The van der Waals surface area contributed by atoms with E-state index in [1.807, 2.05) is 37.4 Å². The first kappa shape index (κ1) is 28.1. The first-order valence-electron chi connectivity index (χ1n) is 14.1. The number of hydrogen-bond acceptors (Lipinski definition) is 5. The molecule has 1 spiro atoms. The Hall–Kier alpha value is -3.08. The first-order valence-corrected chi connectivity index (χ1v) is 14.1. The zero-order valence-corrected chi connectivity index (χ0v) is 23.3. The minimum atomic E-state index is -4.15. The van der Waals surface area contributed by atoms with Gasteiger partial charge in [-0.3, -0.25) is 9.69 Å². The molecule has 2 aromatic carbocycles. The number of alkyl halides is 3. The van der Waals surface area contributed by atoms with Crippen molar-refractivity contribution in [2.45, 2.75) is 57.0 Å². The number of aromatic amines is 1. The number of amides is 1. The fourth-order valence-electron chi connectivity index (χ4n) is 6.91. The molecule has 2 saturated heterocycles. The van der Waals surface area contributed by atoms with Gasteiger partial charge in [-0.1, -0.05) is 12.1 Å². The van der Waals surface area contributed by atoms with Crippen LogP contribution >= 0.6 is 0 Å². The van der Waals surface area contributed by atoms with Crippen molar-refractivity contribution in [2.75, 3.05) is 33.4 Å². The number of carbonyl (C=O) groups excluding carboxylic acids is 1. The highest BCUT2D eigenvalue weighted by Crippen LogP contribution is 2.60. The molecule has 3 aliphatic rings. The highest BCUT2D eigenvalue weighted by molar-refractivity contribution is 5.94.